The highest BCUT2D eigenvalue weighted by Crippen LogP contribution is 2.12. The molecule has 1 aromatic heterocycles. The van der Waals surface area contributed by atoms with E-state index in [2.05, 4.69) is 0 Å². The van der Waals surface area contributed by atoms with E-state index in [1.54, 1.807) is 13.0 Å². The highest BCUT2D eigenvalue weighted by Gasteiger charge is 1.95. The molecule has 0 amide bonds. The summed E-state index contributed by atoms with van der Waals surface area (Å²) < 4.78 is 5.39. The Hall–Kier alpha value is -1.80. The number of rotatable bonds is 2. The van der Waals surface area contributed by atoms with Crippen LogP contribution in [0.4, 0.5) is 0 Å². The van der Waals surface area contributed by atoms with Gasteiger partial charge in [-0.25, -0.2) is 0 Å². The average molecular weight is 247 g/mol. The Kier molecular flexibility index (Phi) is 3.45. The van der Waals surface area contributed by atoms with Crippen molar-refractivity contribution in [3.05, 3.63) is 68.7 Å². The summed E-state index contributed by atoms with van der Waals surface area (Å²) in [5.41, 5.74) is 0.947. The van der Waals surface area contributed by atoms with E-state index in [1.165, 1.54) is 12.1 Å². The Morgan fingerprint density at radius 2 is 1.82 bits per heavy atom. The van der Waals surface area contributed by atoms with Crippen molar-refractivity contribution in [2.75, 3.05) is 0 Å². The van der Waals surface area contributed by atoms with E-state index in [1.807, 2.05) is 30.3 Å². The zero-order chi connectivity index (χ0) is 12.3. The van der Waals surface area contributed by atoms with Gasteiger partial charge in [0.2, 0.25) is 0 Å². The van der Waals surface area contributed by atoms with Gasteiger partial charge in [0.25, 0.3) is 0 Å². The van der Waals surface area contributed by atoms with Crippen molar-refractivity contribution in [2.24, 2.45) is 0 Å². The zero-order valence-corrected chi connectivity index (χ0v) is 10.1. The summed E-state index contributed by atoms with van der Waals surface area (Å²) in [6, 6.07) is 10.3. The average Bonchev–Trinajstić information content (AvgIpc) is 2.27. The van der Waals surface area contributed by atoms with Gasteiger partial charge >= 0.3 is 0 Å². The fourth-order valence-electron chi connectivity index (χ4n) is 1.46. The Balaban J connectivity index is 2.25. The zero-order valence-electron chi connectivity index (χ0n) is 9.31. The number of hydrogen-bond acceptors (Lipinski definition) is 2. The van der Waals surface area contributed by atoms with Crippen molar-refractivity contribution in [3.8, 4) is 0 Å². The first-order chi connectivity index (χ1) is 8.13. The second-order valence-corrected chi connectivity index (χ2v) is 4.13. The molecule has 0 atom stereocenters. The number of aryl methyl sites for hydroxylation is 1. The van der Waals surface area contributed by atoms with Crippen molar-refractivity contribution in [1.82, 2.24) is 0 Å². The molecule has 0 aliphatic carbocycles. The van der Waals surface area contributed by atoms with E-state index < -0.39 is 0 Å². The van der Waals surface area contributed by atoms with Gasteiger partial charge in [-0.2, -0.15) is 0 Å². The molecular weight excluding hydrogens is 236 g/mol. The van der Waals surface area contributed by atoms with Gasteiger partial charge in [0.15, 0.2) is 5.43 Å². The largest absolute Gasteiger partial charge is 0.462 e. The Morgan fingerprint density at radius 3 is 2.47 bits per heavy atom. The van der Waals surface area contributed by atoms with Gasteiger partial charge in [0.1, 0.15) is 11.5 Å². The molecule has 0 unspecified atom stereocenters. The standard InChI is InChI=1S/C14H11ClO2/c1-10-8-13(16)9-14(17-10)7-4-11-2-5-12(15)6-3-11/h2-9H,1H3/b7-4+. The second kappa shape index (κ2) is 5.02. The maximum atomic E-state index is 11.3. The lowest BCUT2D eigenvalue weighted by Crippen LogP contribution is -1.97. The van der Waals surface area contributed by atoms with Crippen LogP contribution in [0.1, 0.15) is 17.1 Å². The summed E-state index contributed by atoms with van der Waals surface area (Å²) in [6.45, 7) is 1.75. The van der Waals surface area contributed by atoms with Gasteiger partial charge in [0, 0.05) is 17.2 Å². The van der Waals surface area contributed by atoms with Crippen LogP contribution < -0.4 is 5.43 Å². The molecule has 0 fully saturated rings. The first kappa shape index (κ1) is 11.7. The quantitative estimate of drug-likeness (QED) is 0.807. The Bertz CT molecular complexity index is 594. The molecule has 0 aliphatic heterocycles. The van der Waals surface area contributed by atoms with Crippen molar-refractivity contribution in [2.45, 2.75) is 6.92 Å². The lowest BCUT2D eigenvalue weighted by Gasteiger charge is -1.96. The normalized spacial score (nSPS) is 10.9. The van der Waals surface area contributed by atoms with E-state index in [4.69, 9.17) is 16.0 Å². The van der Waals surface area contributed by atoms with Gasteiger partial charge in [0.05, 0.1) is 0 Å². The molecule has 2 nitrogen and oxygen atoms in total. The maximum Gasteiger partial charge on any atom is 0.185 e. The minimum Gasteiger partial charge on any atom is -0.462 e. The molecule has 0 saturated carbocycles. The van der Waals surface area contributed by atoms with Crippen molar-refractivity contribution < 1.29 is 4.42 Å². The predicted molar refractivity (Wildman–Crippen MR) is 70.1 cm³/mol. The van der Waals surface area contributed by atoms with Crippen LogP contribution in [0.3, 0.4) is 0 Å². The number of hydrogen-bond donors (Lipinski definition) is 0. The first-order valence-electron chi connectivity index (χ1n) is 5.19. The summed E-state index contributed by atoms with van der Waals surface area (Å²) in [7, 11) is 0. The molecule has 0 spiro atoms. The SMILES string of the molecule is Cc1cc(=O)cc(/C=C/c2ccc(Cl)cc2)o1. The lowest BCUT2D eigenvalue weighted by molar-refractivity contribution is 0.505. The summed E-state index contributed by atoms with van der Waals surface area (Å²) in [5, 5.41) is 0.698. The summed E-state index contributed by atoms with van der Waals surface area (Å²) >= 11 is 5.79. The predicted octanol–water partition coefficient (Wildman–Crippen LogP) is 3.77. The second-order valence-electron chi connectivity index (χ2n) is 3.69. The van der Waals surface area contributed by atoms with Crippen LogP contribution in [0.25, 0.3) is 12.2 Å². The minimum atomic E-state index is -0.0514. The highest BCUT2D eigenvalue weighted by molar-refractivity contribution is 6.30. The third kappa shape index (κ3) is 3.33. The molecule has 86 valence electrons. The van der Waals surface area contributed by atoms with Crippen LogP contribution in [0.15, 0.2) is 45.6 Å². The molecule has 2 aromatic rings. The topological polar surface area (TPSA) is 30.2 Å². The van der Waals surface area contributed by atoms with Crippen LogP contribution in [0.5, 0.6) is 0 Å². The van der Waals surface area contributed by atoms with Crippen molar-refractivity contribution in [1.29, 1.82) is 0 Å². The molecular formula is C14H11ClO2. The summed E-state index contributed by atoms with van der Waals surface area (Å²) in [6.07, 6.45) is 3.63. The van der Waals surface area contributed by atoms with Gasteiger partial charge in [-0.15, -0.1) is 0 Å². The monoisotopic (exact) mass is 246 g/mol. The van der Waals surface area contributed by atoms with E-state index >= 15 is 0 Å². The molecule has 1 heterocycles. The van der Waals surface area contributed by atoms with Crippen molar-refractivity contribution >= 4 is 23.8 Å². The third-order valence-electron chi connectivity index (χ3n) is 2.22. The number of benzene rings is 1. The number of halogens is 1. The van der Waals surface area contributed by atoms with Crippen LogP contribution in [-0.4, -0.2) is 0 Å². The molecule has 0 aliphatic rings. The molecule has 3 heteroatoms. The van der Waals surface area contributed by atoms with Crippen LogP contribution in [0.2, 0.25) is 5.02 Å². The molecule has 0 saturated heterocycles. The van der Waals surface area contributed by atoms with Gasteiger partial charge in [-0.05, 0) is 30.7 Å². The van der Waals surface area contributed by atoms with E-state index in [0.717, 1.165) is 5.56 Å². The third-order valence-corrected chi connectivity index (χ3v) is 2.47. The van der Waals surface area contributed by atoms with E-state index in [0.29, 0.717) is 16.5 Å². The first-order valence-corrected chi connectivity index (χ1v) is 5.57. The van der Waals surface area contributed by atoms with Crippen LogP contribution in [0, 0.1) is 6.92 Å². The Morgan fingerprint density at radius 1 is 1.12 bits per heavy atom. The molecule has 2 rings (SSSR count). The molecule has 17 heavy (non-hydrogen) atoms. The van der Waals surface area contributed by atoms with E-state index in [9.17, 15) is 4.79 Å². The molecule has 0 radical (unpaired) electrons. The van der Waals surface area contributed by atoms with Gasteiger partial charge in [-0.3, -0.25) is 4.79 Å². The summed E-state index contributed by atoms with van der Waals surface area (Å²) in [5.74, 6) is 1.15. The maximum absolute atomic E-state index is 11.3. The molecule has 0 bridgehead atoms. The highest BCUT2D eigenvalue weighted by atomic mass is 35.5. The lowest BCUT2D eigenvalue weighted by atomic mass is 10.2. The fraction of sp³-hybridized carbons (Fsp3) is 0.0714. The van der Waals surface area contributed by atoms with Gasteiger partial charge in [-0.1, -0.05) is 29.8 Å². The Labute approximate surface area is 104 Å². The summed E-state index contributed by atoms with van der Waals surface area (Å²) in [4.78, 5) is 11.3. The van der Waals surface area contributed by atoms with Gasteiger partial charge < -0.3 is 4.42 Å². The fourth-order valence-corrected chi connectivity index (χ4v) is 1.59. The van der Waals surface area contributed by atoms with E-state index in [-0.39, 0.29) is 5.43 Å². The smallest absolute Gasteiger partial charge is 0.185 e. The van der Waals surface area contributed by atoms with Crippen LogP contribution >= 0.6 is 11.6 Å². The molecule has 0 N–H and O–H groups in total. The van der Waals surface area contributed by atoms with Crippen molar-refractivity contribution in [3.63, 3.8) is 0 Å². The molecule has 1 aromatic carbocycles. The van der Waals surface area contributed by atoms with Crippen LogP contribution in [-0.2, 0) is 0 Å². The minimum absolute atomic E-state index is 0.0514.